The number of rotatable bonds is 7. The van der Waals surface area contributed by atoms with Gasteiger partial charge >= 0.3 is 0 Å². The lowest BCUT2D eigenvalue weighted by molar-refractivity contribution is 0.177. The number of fused-ring (bicyclic) bond motifs is 1. The average Bonchev–Trinajstić information content (AvgIpc) is 3.27. The summed E-state index contributed by atoms with van der Waals surface area (Å²) in [6.45, 7) is 10.9. The molecule has 5 rings (SSSR count). The zero-order chi connectivity index (χ0) is 30.8. The van der Waals surface area contributed by atoms with E-state index in [4.69, 9.17) is 4.74 Å². The second-order valence-corrected chi connectivity index (χ2v) is 18.0. The van der Waals surface area contributed by atoms with Crippen LogP contribution in [0.1, 0.15) is 62.2 Å². The maximum absolute atomic E-state index is 13.2. The molecule has 1 saturated heterocycles. The first kappa shape index (κ1) is 31.4. The molecule has 2 atom stereocenters. The Morgan fingerprint density at radius 1 is 1.14 bits per heavy atom. The van der Waals surface area contributed by atoms with E-state index in [1.54, 1.807) is 31.7 Å². The maximum Gasteiger partial charge on any atom is 0.152 e. The summed E-state index contributed by atoms with van der Waals surface area (Å²) in [6.07, 6.45) is 4.40. The number of nitrogens with one attached hydrogen (secondary N) is 1. The Morgan fingerprint density at radius 2 is 1.84 bits per heavy atom. The molecule has 2 aromatic carbocycles. The summed E-state index contributed by atoms with van der Waals surface area (Å²) in [5.41, 5.74) is 3.51. The smallest absolute Gasteiger partial charge is 0.152 e. The van der Waals surface area contributed by atoms with Crippen molar-refractivity contribution < 1.29 is 18.6 Å². The Morgan fingerprint density at radius 3 is 2.49 bits per heavy atom. The normalized spacial score (nSPS) is 18.6. The SMILES string of the molecule is CC(C)(C)S(=O)N[C@@H]1c2ccccc2CC12CCN(c1ncc(C#CCOc3ccc(P(C)(C)=O)cc3)nc1CO)CC2. The number of hydrogen-bond donors (Lipinski definition) is 2. The summed E-state index contributed by atoms with van der Waals surface area (Å²) in [5, 5.41) is 11.0. The van der Waals surface area contributed by atoms with Gasteiger partial charge in [-0.2, -0.15) is 0 Å². The Kier molecular flexibility index (Phi) is 9.15. The third-order valence-electron chi connectivity index (χ3n) is 8.32. The minimum absolute atomic E-state index is 0.0205. The molecule has 1 fully saturated rings. The van der Waals surface area contributed by atoms with Crippen LogP contribution in [0.2, 0.25) is 0 Å². The van der Waals surface area contributed by atoms with Crippen LogP contribution in [0, 0.1) is 17.3 Å². The zero-order valence-electron chi connectivity index (χ0n) is 25.6. The molecule has 0 radical (unpaired) electrons. The lowest BCUT2D eigenvalue weighted by Crippen LogP contribution is -2.48. The highest BCUT2D eigenvalue weighted by Crippen LogP contribution is 2.52. The molecule has 8 nitrogen and oxygen atoms in total. The van der Waals surface area contributed by atoms with Crippen molar-refractivity contribution in [1.29, 1.82) is 0 Å². The molecule has 1 unspecified atom stereocenters. The average molecular weight is 621 g/mol. The van der Waals surface area contributed by atoms with E-state index in [2.05, 4.69) is 55.7 Å². The summed E-state index contributed by atoms with van der Waals surface area (Å²) >= 11 is 0. The van der Waals surface area contributed by atoms with Crippen LogP contribution in [0.15, 0.2) is 54.7 Å². The Labute approximate surface area is 257 Å². The third-order valence-corrected chi connectivity index (χ3v) is 11.4. The summed E-state index contributed by atoms with van der Waals surface area (Å²) in [4.78, 5) is 11.4. The minimum atomic E-state index is -2.30. The highest BCUT2D eigenvalue weighted by Gasteiger charge is 2.49. The van der Waals surface area contributed by atoms with Crippen molar-refractivity contribution in [2.45, 2.75) is 57.4 Å². The van der Waals surface area contributed by atoms with Crippen LogP contribution in [0.5, 0.6) is 5.75 Å². The van der Waals surface area contributed by atoms with Crippen molar-refractivity contribution in [3.8, 4) is 17.6 Å². The van der Waals surface area contributed by atoms with E-state index in [-0.39, 0.29) is 29.4 Å². The molecule has 2 heterocycles. The van der Waals surface area contributed by atoms with Gasteiger partial charge in [-0.05, 0) is 100 Å². The van der Waals surface area contributed by atoms with Gasteiger partial charge in [-0.3, -0.25) is 0 Å². The molecular formula is C33H41N4O4PS. The molecule has 10 heteroatoms. The Bertz CT molecular complexity index is 1600. The first-order valence-corrected chi connectivity index (χ1v) is 18.4. The van der Waals surface area contributed by atoms with Crippen LogP contribution in [0.3, 0.4) is 0 Å². The number of aliphatic hydroxyl groups is 1. The highest BCUT2D eigenvalue weighted by molar-refractivity contribution is 7.84. The van der Waals surface area contributed by atoms with E-state index in [0.29, 0.717) is 23.0 Å². The molecule has 1 aromatic heterocycles. The van der Waals surface area contributed by atoms with Crippen LogP contribution in [-0.4, -0.2) is 57.1 Å². The minimum Gasteiger partial charge on any atom is -0.481 e. The van der Waals surface area contributed by atoms with Crippen LogP contribution >= 0.6 is 7.14 Å². The predicted octanol–water partition coefficient (Wildman–Crippen LogP) is 4.58. The standard InChI is InChI=1S/C33H41N4O4PS/c1-32(2,3)43(40)36-30-28-11-7-6-9-24(28)21-33(30)16-18-37(19-17-33)31-29(23-38)35-25(22-34-31)10-8-20-41-26-12-14-27(15-13-26)42(4,5)39/h6-7,9,11-15,22,30,36,38H,16-21,23H2,1-5H3/t30-,43?/m1/s1. The van der Waals surface area contributed by atoms with Gasteiger partial charge in [0.15, 0.2) is 5.82 Å². The molecule has 0 amide bonds. The first-order valence-electron chi connectivity index (χ1n) is 14.6. The van der Waals surface area contributed by atoms with Gasteiger partial charge in [-0.15, -0.1) is 0 Å². The van der Waals surface area contributed by atoms with Gasteiger partial charge < -0.3 is 19.3 Å². The molecule has 2 N–H and O–H groups in total. The van der Waals surface area contributed by atoms with E-state index >= 15 is 0 Å². The van der Waals surface area contributed by atoms with Gasteiger partial charge in [0, 0.05) is 18.4 Å². The second-order valence-electron chi connectivity index (χ2n) is 12.8. The molecule has 1 aliphatic heterocycles. The number of aromatic nitrogens is 2. The van der Waals surface area contributed by atoms with E-state index in [9.17, 15) is 13.9 Å². The summed E-state index contributed by atoms with van der Waals surface area (Å²) in [7, 11) is -3.49. The number of ether oxygens (including phenoxy) is 1. The van der Waals surface area contributed by atoms with Crippen LogP contribution in [0.25, 0.3) is 0 Å². The summed E-state index contributed by atoms with van der Waals surface area (Å²) in [6, 6.07) is 15.8. The number of hydrogen-bond acceptors (Lipinski definition) is 7. The lowest BCUT2D eigenvalue weighted by Gasteiger charge is -2.44. The van der Waals surface area contributed by atoms with Crippen molar-refractivity contribution in [2.75, 3.05) is 37.9 Å². The zero-order valence-corrected chi connectivity index (χ0v) is 27.3. The number of benzene rings is 2. The van der Waals surface area contributed by atoms with Crippen molar-refractivity contribution in [2.24, 2.45) is 5.41 Å². The lowest BCUT2D eigenvalue weighted by atomic mass is 9.73. The Hall–Kier alpha value is -3.02. The van der Waals surface area contributed by atoms with Crippen LogP contribution in [0.4, 0.5) is 5.82 Å². The number of nitrogens with zero attached hydrogens (tertiary/aromatic N) is 3. The van der Waals surface area contributed by atoms with Gasteiger partial charge in [0.2, 0.25) is 0 Å². The molecule has 1 spiro atoms. The van der Waals surface area contributed by atoms with E-state index in [1.165, 1.54) is 11.1 Å². The molecule has 228 valence electrons. The number of anilines is 1. The van der Waals surface area contributed by atoms with E-state index in [1.807, 2.05) is 32.9 Å². The van der Waals surface area contributed by atoms with Gasteiger partial charge in [0.05, 0.1) is 34.6 Å². The summed E-state index contributed by atoms with van der Waals surface area (Å²) in [5.74, 6) is 7.28. The number of aliphatic hydroxyl groups excluding tert-OH is 1. The largest absolute Gasteiger partial charge is 0.481 e. The molecule has 0 saturated carbocycles. The van der Waals surface area contributed by atoms with Gasteiger partial charge in [0.1, 0.15) is 30.9 Å². The van der Waals surface area contributed by atoms with Crippen molar-refractivity contribution in [3.05, 3.63) is 77.2 Å². The quantitative estimate of drug-likeness (QED) is 0.294. The molecule has 1 aliphatic carbocycles. The van der Waals surface area contributed by atoms with Crippen molar-refractivity contribution in [1.82, 2.24) is 14.7 Å². The van der Waals surface area contributed by atoms with E-state index < -0.39 is 18.1 Å². The monoisotopic (exact) mass is 620 g/mol. The number of piperidine rings is 1. The topological polar surface area (TPSA) is 105 Å². The van der Waals surface area contributed by atoms with Crippen LogP contribution in [-0.2, 0) is 28.6 Å². The molecule has 0 bridgehead atoms. The van der Waals surface area contributed by atoms with Crippen molar-refractivity contribution >= 4 is 29.2 Å². The van der Waals surface area contributed by atoms with Gasteiger partial charge in [-0.25, -0.2) is 18.9 Å². The third kappa shape index (κ3) is 7.05. The van der Waals surface area contributed by atoms with E-state index in [0.717, 1.165) is 37.7 Å². The fourth-order valence-corrected chi connectivity index (χ4v) is 7.70. The fourth-order valence-electron chi connectivity index (χ4n) is 5.89. The fraction of sp³-hybridized carbons (Fsp3) is 0.455. The Balaban J connectivity index is 1.24. The van der Waals surface area contributed by atoms with Crippen molar-refractivity contribution in [3.63, 3.8) is 0 Å². The second kappa shape index (κ2) is 12.5. The summed E-state index contributed by atoms with van der Waals surface area (Å²) < 4.78 is 34.2. The predicted molar refractivity (Wildman–Crippen MR) is 174 cm³/mol. The van der Waals surface area contributed by atoms with Crippen LogP contribution < -0.4 is 19.7 Å². The molecule has 3 aromatic rings. The molecular weight excluding hydrogens is 579 g/mol. The first-order chi connectivity index (χ1) is 20.4. The maximum atomic E-state index is 13.2. The van der Waals surface area contributed by atoms with Gasteiger partial charge in [-0.1, -0.05) is 30.2 Å². The molecule has 43 heavy (non-hydrogen) atoms. The molecule has 2 aliphatic rings. The van der Waals surface area contributed by atoms with Gasteiger partial charge in [0.25, 0.3) is 0 Å². The highest BCUT2D eigenvalue weighted by atomic mass is 32.2.